The third-order valence-corrected chi connectivity index (χ3v) is 2.62. The molecule has 0 amide bonds. The SMILES string of the molecule is CCOc1ccccc1/C=N\N=C\c1ccccc1O. The molecule has 0 heterocycles. The van der Waals surface area contributed by atoms with Crippen molar-refractivity contribution in [3.63, 3.8) is 0 Å². The Balaban J connectivity index is 2.09. The first-order chi connectivity index (χ1) is 9.81. The van der Waals surface area contributed by atoms with Crippen LogP contribution >= 0.6 is 0 Å². The fourth-order valence-electron chi connectivity index (χ4n) is 1.66. The number of hydrogen-bond donors (Lipinski definition) is 1. The van der Waals surface area contributed by atoms with Crippen molar-refractivity contribution < 1.29 is 9.84 Å². The molecule has 0 spiro atoms. The van der Waals surface area contributed by atoms with Gasteiger partial charge in [0.05, 0.1) is 19.0 Å². The highest BCUT2D eigenvalue weighted by Crippen LogP contribution is 2.16. The molecule has 0 aliphatic carbocycles. The summed E-state index contributed by atoms with van der Waals surface area (Å²) in [4.78, 5) is 0. The van der Waals surface area contributed by atoms with Gasteiger partial charge in [0.2, 0.25) is 0 Å². The Bertz CT molecular complexity index is 621. The van der Waals surface area contributed by atoms with Crippen LogP contribution in [0.3, 0.4) is 0 Å². The van der Waals surface area contributed by atoms with E-state index < -0.39 is 0 Å². The van der Waals surface area contributed by atoms with Crippen LogP contribution in [0.4, 0.5) is 0 Å². The number of hydrogen-bond acceptors (Lipinski definition) is 4. The number of ether oxygens (including phenoxy) is 1. The Morgan fingerprint density at radius 2 is 1.55 bits per heavy atom. The number of rotatable bonds is 5. The van der Waals surface area contributed by atoms with Gasteiger partial charge in [-0.3, -0.25) is 0 Å². The quantitative estimate of drug-likeness (QED) is 0.668. The topological polar surface area (TPSA) is 54.2 Å². The van der Waals surface area contributed by atoms with E-state index in [4.69, 9.17) is 4.74 Å². The summed E-state index contributed by atoms with van der Waals surface area (Å²) >= 11 is 0. The lowest BCUT2D eigenvalue weighted by Gasteiger charge is -2.04. The minimum absolute atomic E-state index is 0.182. The summed E-state index contributed by atoms with van der Waals surface area (Å²) in [6.45, 7) is 2.54. The Labute approximate surface area is 118 Å². The van der Waals surface area contributed by atoms with Crippen LogP contribution < -0.4 is 4.74 Å². The molecule has 2 aromatic rings. The van der Waals surface area contributed by atoms with Crippen LogP contribution in [0.1, 0.15) is 18.1 Å². The summed E-state index contributed by atoms with van der Waals surface area (Å²) in [5.41, 5.74) is 1.49. The highest BCUT2D eigenvalue weighted by Gasteiger charge is 1.98. The summed E-state index contributed by atoms with van der Waals surface area (Å²) < 4.78 is 5.49. The van der Waals surface area contributed by atoms with Crippen molar-refractivity contribution in [2.45, 2.75) is 6.92 Å². The highest BCUT2D eigenvalue weighted by atomic mass is 16.5. The third kappa shape index (κ3) is 3.68. The maximum absolute atomic E-state index is 9.58. The third-order valence-electron chi connectivity index (χ3n) is 2.62. The van der Waals surface area contributed by atoms with Gasteiger partial charge in [0.1, 0.15) is 11.5 Å². The van der Waals surface area contributed by atoms with Crippen molar-refractivity contribution in [2.24, 2.45) is 10.2 Å². The summed E-state index contributed by atoms with van der Waals surface area (Å²) in [5, 5.41) is 17.5. The summed E-state index contributed by atoms with van der Waals surface area (Å²) in [5.74, 6) is 0.956. The van der Waals surface area contributed by atoms with Crippen molar-refractivity contribution in [3.05, 3.63) is 59.7 Å². The van der Waals surface area contributed by atoms with E-state index in [1.54, 1.807) is 24.4 Å². The predicted molar refractivity (Wildman–Crippen MR) is 80.9 cm³/mol. The lowest BCUT2D eigenvalue weighted by Crippen LogP contribution is -1.95. The van der Waals surface area contributed by atoms with E-state index in [9.17, 15) is 5.11 Å². The van der Waals surface area contributed by atoms with E-state index in [1.807, 2.05) is 37.3 Å². The molecule has 0 aromatic heterocycles. The van der Waals surface area contributed by atoms with E-state index >= 15 is 0 Å². The van der Waals surface area contributed by atoms with Gasteiger partial charge in [0, 0.05) is 11.1 Å². The van der Waals surface area contributed by atoms with Gasteiger partial charge in [0.25, 0.3) is 0 Å². The zero-order valence-electron chi connectivity index (χ0n) is 11.2. The maximum Gasteiger partial charge on any atom is 0.128 e. The van der Waals surface area contributed by atoms with Crippen LogP contribution in [0.2, 0.25) is 0 Å². The van der Waals surface area contributed by atoms with Crippen molar-refractivity contribution in [2.75, 3.05) is 6.61 Å². The Hall–Kier alpha value is -2.62. The van der Waals surface area contributed by atoms with Crippen LogP contribution in [0.5, 0.6) is 11.5 Å². The fraction of sp³-hybridized carbons (Fsp3) is 0.125. The van der Waals surface area contributed by atoms with Crippen LogP contribution in [-0.2, 0) is 0 Å². The van der Waals surface area contributed by atoms with Gasteiger partial charge in [-0.05, 0) is 31.2 Å². The molecule has 2 rings (SSSR count). The van der Waals surface area contributed by atoms with Crippen molar-refractivity contribution in [1.29, 1.82) is 0 Å². The van der Waals surface area contributed by atoms with Crippen molar-refractivity contribution in [3.8, 4) is 11.5 Å². The molecule has 0 saturated heterocycles. The second kappa shape index (κ2) is 7.09. The number of phenolic OH excluding ortho intramolecular Hbond substituents is 1. The number of benzene rings is 2. The van der Waals surface area contributed by atoms with Gasteiger partial charge >= 0.3 is 0 Å². The van der Waals surface area contributed by atoms with Gasteiger partial charge in [-0.1, -0.05) is 24.3 Å². The fourth-order valence-corrected chi connectivity index (χ4v) is 1.66. The summed E-state index contributed by atoms with van der Waals surface area (Å²) in [6, 6.07) is 14.6. The van der Waals surface area contributed by atoms with Gasteiger partial charge in [-0.2, -0.15) is 10.2 Å². The van der Waals surface area contributed by atoms with Crippen molar-refractivity contribution in [1.82, 2.24) is 0 Å². The molecule has 4 nitrogen and oxygen atoms in total. The van der Waals surface area contributed by atoms with E-state index in [-0.39, 0.29) is 5.75 Å². The molecule has 102 valence electrons. The van der Waals surface area contributed by atoms with Crippen LogP contribution in [0, 0.1) is 0 Å². The monoisotopic (exact) mass is 268 g/mol. The first-order valence-corrected chi connectivity index (χ1v) is 6.37. The maximum atomic E-state index is 9.58. The minimum Gasteiger partial charge on any atom is -0.507 e. The average molecular weight is 268 g/mol. The van der Waals surface area contributed by atoms with Crippen LogP contribution in [0.15, 0.2) is 58.7 Å². The van der Waals surface area contributed by atoms with E-state index in [2.05, 4.69) is 10.2 Å². The molecule has 0 atom stereocenters. The molecule has 1 N–H and O–H groups in total. The van der Waals surface area contributed by atoms with Gasteiger partial charge < -0.3 is 9.84 Å². The first kappa shape index (κ1) is 13.8. The van der Waals surface area contributed by atoms with Gasteiger partial charge in [0.15, 0.2) is 0 Å². The molecule has 0 bridgehead atoms. The van der Waals surface area contributed by atoms with Gasteiger partial charge in [-0.15, -0.1) is 0 Å². The van der Waals surface area contributed by atoms with Gasteiger partial charge in [-0.25, -0.2) is 0 Å². The molecule has 2 aromatic carbocycles. The second-order valence-electron chi connectivity index (χ2n) is 4.02. The molecular formula is C16H16N2O2. The standard InChI is InChI=1S/C16H16N2O2/c1-2-20-16-10-6-4-8-14(16)12-18-17-11-13-7-3-5-9-15(13)19/h3-12,19H,2H2,1H3/b17-11+,18-12-. The predicted octanol–water partition coefficient (Wildman–Crippen LogP) is 3.24. The Morgan fingerprint density at radius 1 is 0.950 bits per heavy atom. The average Bonchev–Trinajstić information content (AvgIpc) is 2.47. The molecule has 0 fully saturated rings. The lowest BCUT2D eigenvalue weighted by molar-refractivity contribution is 0.340. The molecular weight excluding hydrogens is 252 g/mol. The molecule has 0 aliphatic rings. The second-order valence-corrected chi connectivity index (χ2v) is 4.02. The lowest BCUT2D eigenvalue weighted by atomic mass is 10.2. The first-order valence-electron chi connectivity index (χ1n) is 6.37. The van der Waals surface area contributed by atoms with E-state index in [0.717, 1.165) is 11.3 Å². The molecule has 4 heteroatoms. The Morgan fingerprint density at radius 3 is 2.25 bits per heavy atom. The molecule has 0 saturated carbocycles. The number of nitrogens with zero attached hydrogens (tertiary/aromatic N) is 2. The number of aromatic hydroxyl groups is 1. The smallest absolute Gasteiger partial charge is 0.128 e. The zero-order valence-corrected chi connectivity index (χ0v) is 11.2. The zero-order chi connectivity index (χ0) is 14.2. The van der Waals surface area contributed by atoms with Crippen LogP contribution in [0.25, 0.3) is 0 Å². The van der Waals surface area contributed by atoms with E-state index in [1.165, 1.54) is 6.21 Å². The van der Waals surface area contributed by atoms with Crippen LogP contribution in [-0.4, -0.2) is 24.1 Å². The normalized spacial score (nSPS) is 11.2. The minimum atomic E-state index is 0.182. The molecule has 20 heavy (non-hydrogen) atoms. The summed E-state index contributed by atoms with van der Waals surface area (Å²) in [7, 11) is 0. The summed E-state index contributed by atoms with van der Waals surface area (Å²) in [6.07, 6.45) is 3.14. The largest absolute Gasteiger partial charge is 0.507 e. The molecule has 0 unspecified atom stereocenters. The van der Waals surface area contributed by atoms with E-state index in [0.29, 0.717) is 12.2 Å². The number of para-hydroxylation sites is 2. The highest BCUT2D eigenvalue weighted by molar-refractivity contribution is 5.86. The number of phenols is 1. The van der Waals surface area contributed by atoms with Crippen molar-refractivity contribution >= 4 is 12.4 Å². The Kier molecular flexibility index (Phi) is 4.89. The molecule has 0 aliphatic heterocycles. The molecule has 0 radical (unpaired) electrons.